The van der Waals surface area contributed by atoms with E-state index in [2.05, 4.69) is 41.9 Å². The van der Waals surface area contributed by atoms with Gasteiger partial charge >= 0.3 is 11.9 Å². The van der Waals surface area contributed by atoms with Gasteiger partial charge in [0, 0.05) is 23.1 Å². The van der Waals surface area contributed by atoms with Crippen molar-refractivity contribution in [3.05, 3.63) is 59.8 Å². The molecule has 0 aliphatic heterocycles. The number of aliphatic hydroxyl groups excluding tert-OH is 1. The Labute approximate surface area is 174 Å². The molecule has 0 radical (unpaired) electrons. The van der Waals surface area contributed by atoms with Gasteiger partial charge in [0.2, 0.25) is 0 Å². The van der Waals surface area contributed by atoms with Gasteiger partial charge in [-0.15, -0.1) is 0 Å². The van der Waals surface area contributed by atoms with Crippen LogP contribution in [0.5, 0.6) is 5.75 Å². The summed E-state index contributed by atoms with van der Waals surface area (Å²) < 4.78 is 7.52. The van der Waals surface area contributed by atoms with Gasteiger partial charge in [-0.05, 0) is 37.6 Å². The van der Waals surface area contributed by atoms with E-state index in [9.17, 15) is 5.11 Å². The third kappa shape index (κ3) is 5.51. The highest BCUT2D eigenvalue weighted by Gasteiger charge is 2.14. The summed E-state index contributed by atoms with van der Waals surface area (Å²) in [4.78, 5) is 18.2. The first kappa shape index (κ1) is 22.8. The van der Waals surface area contributed by atoms with Gasteiger partial charge in [-0.25, -0.2) is 9.59 Å². The molecule has 4 N–H and O–H groups in total. The van der Waals surface area contributed by atoms with Gasteiger partial charge in [-0.3, -0.25) is 0 Å². The number of carboxylic acid groups (broad SMARTS) is 2. The lowest BCUT2D eigenvalue weighted by Gasteiger charge is -2.17. The molecule has 0 bridgehead atoms. The Bertz CT molecular complexity index is 1020. The number of methoxy groups -OCH3 is 1. The number of hydrogen-bond donors (Lipinski definition) is 4. The number of aryl methyl sites for hydroxylation is 1. The maximum Gasteiger partial charge on any atom is 0.414 e. The second-order valence-electron chi connectivity index (χ2n) is 6.68. The molecular weight excluding hydrogens is 388 g/mol. The number of aromatic nitrogens is 1. The van der Waals surface area contributed by atoms with Gasteiger partial charge in [0.15, 0.2) is 0 Å². The van der Waals surface area contributed by atoms with Crippen LogP contribution in [0.3, 0.4) is 0 Å². The van der Waals surface area contributed by atoms with E-state index < -0.39 is 18.0 Å². The number of fused-ring (bicyclic) bond motifs is 1. The molecule has 0 aliphatic carbocycles. The molecule has 0 amide bonds. The van der Waals surface area contributed by atoms with Crippen molar-refractivity contribution >= 4 is 28.5 Å². The average molecular weight is 414 g/mol. The van der Waals surface area contributed by atoms with Crippen molar-refractivity contribution in [1.29, 1.82) is 0 Å². The minimum atomic E-state index is -1.82. The Balaban J connectivity index is 0.000000469. The van der Waals surface area contributed by atoms with Crippen LogP contribution in [0.15, 0.2) is 48.5 Å². The van der Waals surface area contributed by atoms with Gasteiger partial charge in [0.1, 0.15) is 5.75 Å². The summed E-state index contributed by atoms with van der Waals surface area (Å²) in [5.74, 6) is -2.87. The summed E-state index contributed by atoms with van der Waals surface area (Å²) in [5, 5.41) is 29.8. The van der Waals surface area contributed by atoms with Crippen LogP contribution in [-0.4, -0.2) is 51.6 Å². The number of hydrogen-bond acceptors (Lipinski definition) is 5. The van der Waals surface area contributed by atoms with Gasteiger partial charge in [-0.1, -0.05) is 30.3 Å². The normalized spacial score (nSPS) is 11.3. The molecule has 1 atom stereocenters. The van der Waals surface area contributed by atoms with Crippen LogP contribution >= 0.6 is 0 Å². The monoisotopic (exact) mass is 414 g/mol. The van der Waals surface area contributed by atoms with Gasteiger partial charge in [0.25, 0.3) is 0 Å². The molecule has 1 unspecified atom stereocenters. The molecule has 3 aromatic rings. The standard InChI is InChI=1S/C20H24N2O2.C2H2O4/c1-14-15(2)22(19-10-6-4-8-17(14)19)13-16(23)12-21-18-9-5-7-11-20(18)24-3;3-1(4)2(5)6/h4-11,16,21,23H,12-13H2,1-3H3;(H,3,4)(H,5,6). The van der Waals surface area contributed by atoms with Gasteiger partial charge in [-0.2, -0.15) is 0 Å². The number of rotatable bonds is 6. The summed E-state index contributed by atoms with van der Waals surface area (Å²) in [6.07, 6.45) is -0.496. The lowest BCUT2D eigenvalue weighted by atomic mass is 10.2. The number of aliphatic hydroxyl groups is 1. The second-order valence-corrected chi connectivity index (χ2v) is 6.68. The SMILES string of the molecule is COc1ccccc1NCC(O)Cn1c(C)c(C)c2ccccc21.O=C(O)C(=O)O. The summed E-state index contributed by atoms with van der Waals surface area (Å²) in [5.41, 5.74) is 4.54. The van der Waals surface area contributed by atoms with Crippen molar-refractivity contribution in [2.75, 3.05) is 19.0 Å². The molecular formula is C22H26N2O6. The number of aliphatic carboxylic acids is 2. The van der Waals surface area contributed by atoms with E-state index in [1.54, 1.807) is 7.11 Å². The van der Waals surface area contributed by atoms with E-state index in [1.807, 2.05) is 30.3 Å². The van der Waals surface area contributed by atoms with E-state index >= 15 is 0 Å². The first-order chi connectivity index (χ1) is 14.3. The van der Waals surface area contributed by atoms with Crippen molar-refractivity contribution in [3.8, 4) is 5.75 Å². The minimum Gasteiger partial charge on any atom is -0.495 e. The van der Waals surface area contributed by atoms with E-state index in [0.29, 0.717) is 13.1 Å². The fourth-order valence-electron chi connectivity index (χ4n) is 3.13. The van der Waals surface area contributed by atoms with E-state index in [4.69, 9.17) is 24.5 Å². The molecule has 0 saturated heterocycles. The number of para-hydroxylation sites is 3. The number of nitrogens with zero attached hydrogens (tertiary/aromatic N) is 1. The van der Waals surface area contributed by atoms with Crippen molar-refractivity contribution < 1.29 is 29.6 Å². The Hall–Kier alpha value is -3.52. The largest absolute Gasteiger partial charge is 0.495 e. The summed E-state index contributed by atoms with van der Waals surface area (Å²) in [6, 6.07) is 16.1. The maximum atomic E-state index is 10.5. The second kappa shape index (κ2) is 10.3. The first-order valence-corrected chi connectivity index (χ1v) is 9.31. The zero-order chi connectivity index (χ0) is 22.3. The average Bonchev–Trinajstić information content (AvgIpc) is 2.98. The number of carbonyl (C=O) groups is 2. The first-order valence-electron chi connectivity index (χ1n) is 9.31. The highest BCUT2D eigenvalue weighted by molar-refractivity contribution is 6.27. The summed E-state index contributed by atoms with van der Waals surface area (Å²) in [6.45, 7) is 5.26. The van der Waals surface area contributed by atoms with Gasteiger partial charge in [0.05, 0.1) is 25.4 Å². The topological polar surface area (TPSA) is 121 Å². The maximum absolute atomic E-state index is 10.5. The van der Waals surface area contributed by atoms with Crippen LogP contribution < -0.4 is 10.1 Å². The molecule has 0 aliphatic rings. The van der Waals surface area contributed by atoms with Crippen LogP contribution in [-0.2, 0) is 16.1 Å². The van der Waals surface area contributed by atoms with Crippen LogP contribution in [0.2, 0.25) is 0 Å². The van der Waals surface area contributed by atoms with Crippen LogP contribution in [0.1, 0.15) is 11.3 Å². The predicted octanol–water partition coefficient (Wildman–Crippen LogP) is 2.90. The highest BCUT2D eigenvalue weighted by Crippen LogP contribution is 2.26. The van der Waals surface area contributed by atoms with Crippen LogP contribution in [0.4, 0.5) is 5.69 Å². The molecule has 8 nitrogen and oxygen atoms in total. The summed E-state index contributed by atoms with van der Waals surface area (Å²) in [7, 11) is 1.65. The fourth-order valence-corrected chi connectivity index (χ4v) is 3.13. The molecule has 0 spiro atoms. The number of anilines is 1. The van der Waals surface area contributed by atoms with Gasteiger partial charge < -0.3 is 29.9 Å². The summed E-state index contributed by atoms with van der Waals surface area (Å²) >= 11 is 0. The lowest BCUT2D eigenvalue weighted by molar-refractivity contribution is -0.159. The van der Waals surface area contributed by atoms with Crippen LogP contribution in [0.25, 0.3) is 10.9 Å². The molecule has 1 heterocycles. The molecule has 8 heteroatoms. The van der Waals surface area contributed by atoms with E-state index in [1.165, 1.54) is 22.2 Å². The number of carboxylic acids is 2. The lowest BCUT2D eigenvalue weighted by Crippen LogP contribution is -2.25. The molecule has 0 saturated carbocycles. The van der Waals surface area contributed by atoms with E-state index in [-0.39, 0.29) is 0 Å². The van der Waals surface area contributed by atoms with Crippen molar-refractivity contribution in [2.24, 2.45) is 0 Å². The number of ether oxygens (including phenoxy) is 1. The van der Waals surface area contributed by atoms with E-state index in [0.717, 1.165) is 11.4 Å². The molecule has 30 heavy (non-hydrogen) atoms. The van der Waals surface area contributed by atoms with Crippen molar-refractivity contribution in [1.82, 2.24) is 4.57 Å². The highest BCUT2D eigenvalue weighted by atomic mass is 16.5. The quantitative estimate of drug-likeness (QED) is 0.458. The van der Waals surface area contributed by atoms with Crippen molar-refractivity contribution in [3.63, 3.8) is 0 Å². The fraction of sp³-hybridized carbons (Fsp3) is 0.273. The third-order valence-corrected chi connectivity index (χ3v) is 4.76. The number of benzene rings is 2. The Morgan fingerprint density at radius 1 is 1.03 bits per heavy atom. The Morgan fingerprint density at radius 3 is 2.27 bits per heavy atom. The zero-order valence-corrected chi connectivity index (χ0v) is 17.1. The molecule has 2 aromatic carbocycles. The van der Waals surface area contributed by atoms with Crippen LogP contribution in [0, 0.1) is 13.8 Å². The minimum absolute atomic E-state index is 0.464. The molecule has 3 rings (SSSR count). The Morgan fingerprint density at radius 2 is 1.63 bits per heavy atom. The molecule has 0 fully saturated rings. The smallest absolute Gasteiger partial charge is 0.414 e. The van der Waals surface area contributed by atoms with Crippen molar-refractivity contribution in [2.45, 2.75) is 26.5 Å². The Kier molecular flexibility index (Phi) is 7.83. The molecule has 1 aromatic heterocycles. The molecule has 160 valence electrons. The predicted molar refractivity (Wildman–Crippen MR) is 114 cm³/mol. The third-order valence-electron chi connectivity index (χ3n) is 4.76. The number of nitrogens with one attached hydrogen (secondary N) is 1. The zero-order valence-electron chi connectivity index (χ0n) is 17.1.